The lowest BCUT2D eigenvalue weighted by atomic mass is 9.86. The van der Waals surface area contributed by atoms with Crippen LogP contribution in [-0.2, 0) is 0 Å². The Morgan fingerprint density at radius 1 is 1.32 bits per heavy atom. The van der Waals surface area contributed by atoms with Gasteiger partial charge in [-0.1, -0.05) is 20.8 Å². The second kappa shape index (κ2) is 5.18. The standard InChI is InChI=1S/C19H21N3O3/c1-19(2,3)17(23)15-16-14-7-8-21(14)18(24)12-9-11(25-4)5-6-13(12)22(16)10-20-15/h5-6,9-10,14H,7-8H2,1-4H3/t14-/m0/s1. The lowest BCUT2D eigenvalue weighted by Gasteiger charge is -2.40. The van der Waals surface area contributed by atoms with Crippen LogP contribution < -0.4 is 4.74 Å². The highest BCUT2D eigenvalue weighted by Crippen LogP contribution is 2.42. The zero-order chi connectivity index (χ0) is 17.9. The highest BCUT2D eigenvalue weighted by molar-refractivity contribution is 6.02. The number of imidazole rings is 1. The summed E-state index contributed by atoms with van der Waals surface area (Å²) in [6, 6.07) is 5.33. The molecule has 0 aliphatic carbocycles. The largest absolute Gasteiger partial charge is 0.497 e. The van der Waals surface area contributed by atoms with Crippen LogP contribution in [0.25, 0.3) is 5.69 Å². The molecule has 0 spiro atoms. The molecule has 25 heavy (non-hydrogen) atoms. The van der Waals surface area contributed by atoms with Gasteiger partial charge in [-0.25, -0.2) is 4.98 Å². The van der Waals surface area contributed by atoms with Crippen LogP contribution in [0.1, 0.15) is 59.8 Å². The third-order valence-electron chi connectivity index (χ3n) is 4.99. The maximum atomic E-state index is 13.0. The zero-order valence-electron chi connectivity index (χ0n) is 14.9. The Bertz CT molecular complexity index is 892. The van der Waals surface area contributed by atoms with Crippen molar-refractivity contribution < 1.29 is 14.3 Å². The van der Waals surface area contributed by atoms with Gasteiger partial charge in [0, 0.05) is 12.0 Å². The van der Waals surface area contributed by atoms with Gasteiger partial charge in [-0.05, 0) is 24.6 Å². The minimum atomic E-state index is -0.524. The molecule has 0 radical (unpaired) electrons. The normalized spacial score (nSPS) is 18.6. The monoisotopic (exact) mass is 339 g/mol. The summed E-state index contributed by atoms with van der Waals surface area (Å²) in [5.74, 6) is 0.610. The molecule has 0 N–H and O–H groups in total. The number of carbonyl (C=O) groups excluding carboxylic acids is 2. The van der Waals surface area contributed by atoms with Gasteiger partial charge in [-0.15, -0.1) is 0 Å². The predicted molar refractivity (Wildman–Crippen MR) is 92.3 cm³/mol. The first kappa shape index (κ1) is 15.9. The average Bonchev–Trinajstić information content (AvgIpc) is 2.92. The zero-order valence-corrected chi connectivity index (χ0v) is 14.9. The number of hydrogen-bond donors (Lipinski definition) is 0. The van der Waals surface area contributed by atoms with Gasteiger partial charge in [-0.3, -0.25) is 14.2 Å². The molecule has 6 nitrogen and oxygen atoms in total. The molecule has 1 aromatic heterocycles. The summed E-state index contributed by atoms with van der Waals surface area (Å²) in [6.45, 7) is 6.36. The number of ketones is 1. The van der Waals surface area contributed by atoms with Gasteiger partial charge in [0.1, 0.15) is 17.8 Å². The number of nitrogens with zero attached hydrogens (tertiary/aromatic N) is 3. The van der Waals surface area contributed by atoms with Gasteiger partial charge in [-0.2, -0.15) is 0 Å². The number of aromatic nitrogens is 2. The van der Waals surface area contributed by atoms with Crippen molar-refractivity contribution in [3.05, 3.63) is 41.5 Å². The second-order valence-corrected chi connectivity index (χ2v) is 7.61. The molecule has 0 saturated carbocycles. The molecule has 0 unspecified atom stereocenters. The van der Waals surface area contributed by atoms with E-state index < -0.39 is 5.41 Å². The quantitative estimate of drug-likeness (QED) is 0.789. The van der Waals surface area contributed by atoms with Gasteiger partial charge >= 0.3 is 0 Å². The Balaban J connectivity index is 1.95. The summed E-state index contributed by atoms with van der Waals surface area (Å²) < 4.78 is 7.17. The Hall–Kier alpha value is -2.63. The van der Waals surface area contributed by atoms with E-state index in [9.17, 15) is 9.59 Å². The molecule has 1 amide bonds. The van der Waals surface area contributed by atoms with Crippen molar-refractivity contribution in [2.75, 3.05) is 13.7 Å². The Morgan fingerprint density at radius 3 is 2.68 bits per heavy atom. The van der Waals surface area contributed by atoms with E-state index in [1.165, 1.54) is 0 Å². The molecular formula is C19H21N3O3. The number of ether oxygens (including phenoxy) is 1. The molecule has 3 heterocycles. The van der Waals surface area contributed by atoms with E-state index in [-0.39, 0.29) is 17.7 Å². The maximum absolute atomic E-state index is 13.0. The van der Waals surface area contributed by atoms with Crippen molar-refractivity contribution in [3.63, 3.8) is 0 Å². The fourth-order valence-electron chi connectivity index (χ4n) is 3.49. The summed E-state index contributed by atoms with van der Waals surface area (Å²) in [7, 11) is 1.58. The Morgan fingerprint density at radius 2 is 2.08 bits per heavy atom. The van der Waals surface area contributed by atoms with Crippen molar-refractivity contribution in [3.8, 4) is 11.4 Å². The molecule has 2 aromatic rings. The molecule has 6 heteroatoms. The molecule has 1 atom stereocenters. The number of carbonyl (C=O) groups is 2. The van der Waals surface area contributed by atoms with Crippen molar-refractivity contribution in [1.29, 1.82) is 0 Å². The number of amides is 1. The first-order chi connectivity index (χ1) is 11.8. The molecule has 0 bridgehead atoms. The molecule has 4 rings (SSSR count). The van der Waals surface area contributed by atoms with E-state index in [0.29, 0.717) is 23.6 Å². The van der Waals surface area contributed by atoms with Crippen LogP contribution in [0.3, 0.4) is 0 Å². The van der Waals surface area contributed by atoms with Gasteiger partial charge < -0.3 is 9.64 Å². The predicted octanol–water partition coefficient (Wildman–Crippen LogP) is 3.01. The minimum Gasteiger partial charge on any atom is -0.497 e. The number of hydrogen-bond acceptors (Lipinski definition) is 4. The number of rotatable bonds is 2. The van der Waals surface area contributed by atoms with Crippen LogP contribution in [0, 0.1) is 5.41 Å². The molecule has 1 saturated heterocycles. The van der Waals surface area contributed by atoms with Gasteiger partial charge in [0.05, 0.1) is 30.1 Å². The summed E-state index contributed by atoms with van der Waals surface area (Å²) in [5, 5.41) is 0. The van der Waals surface area contributed by atoms with Crippen molar-refractivity contribution >= 4 is 11.7 Å². The smallest absolute Gasteiger partial charge is 0.256 e. The summed E-state index contributed by atoms with van der Waals surface area (Å²) in [4.78, 5) is 32.1. The Kier molecular flexibility index (Phi) is 3.29. The van der Waals surface area contributed by atoms with Crippen molar-refractivity contribution in [2.24, 2.45) is 5.41 Å². The van der Waals surface area contributed by atoms with E-state index in [1.807, 2.05) is 42.4 Å². The maximum Gasteiger partial charge on any atom is 0.256 e. The van der Waals surface area contributed by atoms with Crippen LogP contribution in [0.4, 0.5) is 0 Å². The second-order valence-electron chi connectivity index (χ2n) is 7.61. The van der Waals surface area contributed by atoms with E-state index in [4.69, 9.17) is 4.74 Å². The molecular weight excluding hydrogens is 318 g/mol. The summed E-state index contributed by atoms with van der Waals surface area (Å²) >= 11 is 0. The van der Waals surface area contributed by atoms with Crippen LogP contribution in [-0.4, -0.2) is 39.8 Å². The number of Topliss-reactive ketones (excluding diaryl/α,β-unsaturated/α-hetero) is 1. The fraction of sp³-hybridized carbons (Fsp3) is 0.421. The number of fused-ring (bicyclic) bond motifs is 5. The van der Waals surface area contributed by atoms with E-state index in [1.54, 1.807) is 19.5 Å². The first-order valence-corrected chi connectivity index (χ1v) is 8.44. The Labute approximate surface area is 146 Å². The van der Waals surface area contributed by atoms with Crippen LogP contribution in [0.5, 0.6) is 5.75 Å². The van der Waals surface area contributed by atoms with Crippen LogP contribution >= 0.6 is 0 Å². The highest BCUT2D eigenvalue weighted by Gasteiger charge is 2.43. The SMILES string of the molecule is COc1ccc2c(c1)C(=O)N1CC[C@H]1c1c(C(=O)C(C)(C)C)ncn1-2. The van der Waals surface area contributed by atoms with Crippen LogP contribution in [0.2, 0.25) is 0 Å². The van der Waals surface area contributed by atoms with E-state index >= 15 is 0 Å². The highest BCUT2D eigenvalue weighted by atomic mass is 16.5. The van der Waals surface area contributed by atoms with Crippen molar-refractivity contribution in [1.82, 2.24) is 14.5 Å². The fourth-order valence-corrected chi connectivity index (χ4v) is 3.49. The van der Waals surface area contributed by atoms with Gasteiger partial charge in [0.25, 0.3) is 5.91 Å². The minimum absolute atomic E-state index is 0.00230. The first-order valence-electron chi connectivity index (χ1n) is 8.44. The van der Waals surface area contributed by atoms with E-state index in [2.05, 4.69) is 4.98 Å². The lowest BCUT2D eigenvalue weighted by molar-refractivity contribution is 0.0454. The lowest BCUT2D eigenvalue weighted by Crippen LogP contribution is -2.45. The molecule has 130 valence electrons. The molecule has 2 aliphatic heterocycles. The molecule has 2 aliphatic rings. The van der Waals surface area contributed by atoms with Crippen LogP contribution in [0.15, 0.2) is 24.5 Å². The molecule has 1 fully saturated rings. The van der Waals surface area contributed by atoms with Crippen molar-refractivity contribution in [2.45, 2.75) is 33.2 Å². The molecule has 1 aromatic carbocycles. The third-order valence-corrected chi connectivity index (χ3v) is 4.99. The number of benzene rings is 1. The average molecular weight is 339 g/mol. The van der Waals surface area contributed by atoms with Gasteiger partial charge in [0.2, 0.25) is 0 Å². The third kappa shape index (κ3) is 2.20. The number of methoxy groups -OCH3 is 1. The van der Waals surface area contributed by atoms with E-state index in [0.717, 1.165) is 17.8 Å². The summed E-state index contributed by atoms with van der Waals surface area (Å²) in [6.07, 6.45) is 2.50. The summed E-state index contributed by atoms with van der Waals surface area (Å²) in [5.41, 5.74) is 2.09. The topological polar surface area (TPSA) is 64.4 Å². The van der Waals surface area contributed by atoms with Gasteiger partial charge in [0.15, 0.2) is 5.78 Å².